The van der Waals surface area contributed by atoms with Crippen LogP contribution in [-0.4, -0.2) is 54.6 Å². The van der Waals surface area contributed by atoms with Crippen LogP contribution < -0.4 is 10.6 Å². The molecule has 0 amide bonds. The number of thioether (sulfide) groups is 1. The van der Waals surface area contributed by atoms with Crippen molar-refractivity contribution in [1.29, 1.82) is 0 Å². The molecule has 1 aromatic carbocycles. The molecule has 24 heavy (non-hydrogen) atoms. The number of guanidine groups is 1. The van der Waals surface area contributed by atoms with E-state index in [-0.39, 0.29) is 4.75 Å². The summed E-state index contributed by atoms with van der Waals surface area (Å²) in [4.78, 5) is 6.95. The van der Waals surface area contributed by atoms with Crippen molar-refractivity contribution in [1.82, 2.24) is 15.5 Å². The molecule has 1 aliphatic rings. The van der Waals surface area contributed by atoms with Crippen molar-refractivity contribution in [2.45, 2.75) is 44.0 Å². The summed E-state index contributed by atoms with van der Waals surface area (Å²) in [6.45, 7) is 8.58. The van der Waals surface area contributed by atoms with Gasteiger partial charge in [0.2, 0.25) is 0 Å². The molecule has 0 saturated carbocycles. The molecule has 2 rings (SSSR count). The van der Waals surface area contributed by atoms with Crippen molar-refractivity contribution < 1.29 is 0 Å². The molecule has 5 heteroatoms. The van der Waals surface area contributed by atoms with E-state index >= 15 is 0 Å². The summed E-state index contributed by atoms with van der Waals surface area (Å²) >= 11 is 1.87. The number of likely N-dealkylation sites (tertiary alicyclic amines) is 1. The van der Waals surface area contributed by atoms with Gasteiger partial charge in [-0.05, 0) is 45.1 Å². The third-order valence-electron chi connectivity index (χ3n) is 4.69. The summed E-state index contributed by atoms with van der Waals surface area (Å²) < 4.78 is 0.213. The van der Waals surface area contributed by atoms with Crippen molar-refractivity contribution in [3.8, 4) is 0 Å². The van der Waals surface area contributed by atoms with E-state index in [9.17, 15) is 0 Å². The first-order chi connectivity index (χ1) is 11.5. The Kier molecular flexibility index (Phi) is 7.43. The Labute approximate surface area is 151 Å². The minimum Gasteiger partial charge on any atom is -0.355 e. The number of benzene rings is 1. The van der Waals surface area contributed by atoms with E-state index in [2.05, 4.69) is 71.0 Å². The zero-order valence-electron chi connectivity index (χ0n) is 15.5. The average molecular weight is 349 g/mol. The highest BCUT2D eigenvalue weighted by molar-refractivity contribution is 7.99. The molecular formula is C19H32N4S. The van der Waals surface area contributed by atoms with Gasteiger partial charge in [-0.3, -0.25) is 9.89 Å². The second kappa shape index (κ2) is 9.33. The van der Waals surface area contributed by atoms with Gasteiger partial charge in [-0.2, -0.15) is 11.8 Å². The van der Waals surface area contributed by atoms with E-state index in [1.54, 1.807) is 0 Å². The molecular weight excluding hydrogens is 316 g/mol. The molecule has 1 fully saturated rings. The average Bonchev–Trinajstić information content (AvgIpc) is 3.03. The summed E-state index contributed by atoms with van der Waals surface area (Å²) in [6.07, 6.45) is 4.69. The predicted octanol–water partition coefficient (Wildman–Crippen LogP) is 2.96. The fourth-order valence-corrected chi connectivity index (χ4v) is 3.17. The zero-order valence-corrected chi connectivity index (χ0v) is 16.3. The van der Waals surface area contributed by atoms with Crippen LogP contribution >= 0.6 is 11.8 Å². The van der Waals surface area contributed by atoms with E-state index in [0.29, 0.717) is 6.04 Å². The van der Waals surface area contributed by atoms with Crippen molar-refractivity contribution in [3.63, 3.8) is 0 Å². The lowest BCUT2D eigenvalue weighted by Gasteiger charge is -2.27. The minimum absolute atomic E-state index is 0.213. The summed E-state index contributed by atoms with van der Waals surface area (Å²) in [5.41, 5.74) is 1.40. The van der Waals surface area contributed by atoms with Crippen LogP contribution in [0.3, 0.4) is 0 Å². The lowest BCUT2D eigenvalue weighted by atomic mass is 10.2. The third kappa shape index (κ3) is 6.02. The number of nitrogens with zero attached hydrogens (tertiary/aromatic N) is 2. The maximum atomic E-state index is 4.36. The molecule has 0 spiro atoms. The van der Waals surface area contributed by atoms with Gasteiger partial charge < -0.3 is 10.6 Å². The van der Waals surface area contributed by atoms with Crippen LogP contribution in [0.5, 0.6) is 0 Å². The Morgan fingerprint density at radius 2 is 2.04 bits per heavy atom. The molecule has 2 N–H and O–H groups in total. The van der Waals surface area contributed by atoms with Gasteiger partial charge in [0, 0.05) is 37.5 Å². The molecule has 0 aliphatic carbocycles. The van der Waals surface area contributed by atoms with Crippen LogP contribution in [0.25, 0.3) is 0 Å². The van der Waals surface area contributed by atoms with Gasteiger partial charge >= 0.3 is 0 Å². The van der Waals surface area contributed by atoms with Gasteiger partial charge in [0.1, 0.15) is 0 Å². The number of nitrogens with one attached hydrogen (secondary N) is 2. The lowest BCUT2D eigenvalue weighted by molar-refractivity contribution is 0.245. The molecule has 4 nitrogen and oxygen atoms in total. The molecule has 134 valence electrons. The Bertz CT molecular complexity index is 515. The van der Waals surface area contributed by atoms with Gasteiger partial charge in [0.25, 0.3) is 0 Å². The Balaban J connectivity index is 1.81. The quantitative estimate of drug-likeness (QED) is 0.587. The predicted molar refractivity (Wildman–Crippen MR) is 107 cm³/mol. The van der Waals surface area contributed by atoms with E-state index in [4.69, 9.17) is 0 Å². The maximum absolute atomic E-state index is 4.36. The molecule has 1 unspecified atom stereocenters. The van der Waals surface area contributed by atoms with Crippen LogP contribution in [0.15, 0.2) is 35.3 Å². The van der Waals surface area contributed by atoms with Gasteiger partial charge in [-0.15, -0.1) is 0 Å². The SMILES string of the molecule is CN=C(NCC1CCCN1Cc1ccccc1)NCC(C)(C)SC. The number of aliphatic imine (C=N–C) groups is 1. The smallest absolute Gasteiger partial charge is 0.191 e. The van der Waals surface area contributed by atoms with Crippen molar-refractivity contribution in [2.75, 3.05) is 32.9 Å². The van der Waals surface area contributed by atoms with E-state index in [1.165, 1.54) is 24.9 Å². The Hall–Kier alpha value is -1.20. The highest BCUT2D eigenvalue weighted by Crippen LogP contribution is 2.20. The second-order valence-corrected chi connectivity index (χ2v) is 8.54. The largest absolute Gasteiger partial charge is 0.355 e. The van der Waals surface area contributed by atoms with Gasteiger partial charge in [-0.1, -0.05) is 30.3 Å². The van der Waals surface area contributed by atoms with E-state index in [1.807, 2.05) is 18.8 Å². The summed E-state index contributed by atoms with van der Waals surface area (Å²) in [7, 11) is 1.85. The van der Waals surface area contributed by atoms with Crippen LogP contribution in [0.2, 0.25) is 0 Å². The van der Waals surface area contributed by atoms with Crippen LogP contribution in [0, 0.1) is 0 Å². The van der Waals surface area contributed by atoms with Crippen molar-refractivity contribution >= 4 is 17.7 Å². The van der Waals surface area contributed by atoms with Gasteiger partial charge in [-0.25, -0.2) is 0 Å². The third-order valence-corrected chi connectivity index (χ3v) is 5.94. The molecule has 1 saturated heterocycles. The molecule has 0 radical (unpaired) electrons. The first-order valence-electron chi connectivity index (χ1n) is 8.82. The number of hydrogen-bond donors (Lipinski definition) is 2. The first kappa shape index (κ1) is 19.1. The summed E-state index contributed by atoms with van der Waals surface area (Å²) in [5, 5.41) is 6.96. The lowest BCUT2D eigenvalue weighted by Crippen LogP contribution is -2.47. The first-order valence-corrected chi connectivity index (χ1v) is 10.0. The van der Waals surface area contributed by atoms with Crippen LogP contribution in [0.1, 0.15) is 32.3 Å². The Morgan fingerprint density at radius 3 is 2.71 bits per heavy atom. The molecule has 0 aromatic heterocycles. The Morgan fingerprint density at radius 1 is 1.29 bits per heavy atom. The van der Waals surface area contributed by atoms with Crippen LogP contribution in [-0.2, 0) is 6.54 Å². The molecule has 1 heterocycles. The molecule has 0 bridgehead atoms. The molecule has 1 atom stereocenters. The highest BCUT2D eigenvalue weighted by atomic mass is 32.2. The standard InChI is InChI=1S/C19H32N4S/c1-19(2,24-4)15-22-18(20-3)21-13-17-11-8-12-23(17)14-16-9-6-5-7-10-16/h5-7,9-10,17H,8,11-15H2,1-4H3,(H2,20,21,22). The summed E-state index contributed by atoms with van der Waals surface area (Å²) in [6, 6.07) is 11.3. The van der Waals surface area contributed by atoms with Crippen molar-refractivity contribution in [3.05, 3.63) is 35.9 Å². The van der Waals surface area contributed by atoms with Crippen molar-refractivity contribution in [2.24, 2.45) is 4.99 Å². The summed E-state index contributed by atoms with van der Waals surface area (Å²) in [5.74, 6) is 0.906. The molecule has 1 aromatic rings. The highest BCUT2D eigenvalue weighted by Gasteiger charge is 2.24. The zero-order chi connectivity index (χ0) is 17.4. The van der Waals surface area contributed by atoms with E-state index < -0.39 is 0 Å². The minimum atomic E-state index is 0.213. The fourth-order valence-electron chi connectivity index (χ4n) is 2.96. The second-order valence-electron chi connectivity index (χ2n) is 7.02. The monoisotopic (exact) mass is 348 g/mol. The fraction of sp³-hybridized carbons (Fsp3) is 0.632. The van der Waals surface area contributed by atoms with E-state index in [0.717, 1.165) is 25.6 Å². The topological polar surface area (TPSA) is 39.7 Å². The maximum Gasteiger partial charge on any atom is 0.191 e. The van der Waals surface area contributed by atoms with Gasteiger partial charge in [0.05, 0.1) is 0 Å². The number of rotatable bonds is 7. The van der Waals surface area contributed by atoms with Crippen LogP contribution in [0.4, 0.5) is 0 Å². The molecule has 1 aliphatic heterocycles. The number of hydrogen-bond acceptors (Lipinski definition) is 3. The normalized spacial score (nSPS) is 19.5. The van der Waals surface area contributed by atoms with Gasteiger partial charge in [0.15, 0.2) is 5.96 Å².